The number of nitrogens with zero attached hydrogens (tertiary/aromatic N) is 3. The Hall–Kier alpha value is -1.10. The summed E-state index contributed by atoms with van der Waals surface area (Å²) in [6.07, 6.45) is 9.96. The first-order valence-electron chi connectivity index (χ1n) is 6.95. The zero-order chi connectivity index (χ0) is 13.2. The Balaban J connectivity index is 1.58. The number of aromatic nitrogens is 2. The van der Waals surface area contributed by atoms with E-state index in [0.717, 1.165) is 10.9 Å². The summed E-state index contributed by atoms with van der Waals surface area (Å²) in [5.41, 5.74) is 0. The predicted octanol–water partition coefficient (Wildman–Crippen LogP) is 2.36. The van der Waals surface area contributed by atoms with Crippen LogP contribution in [0.25, 0.3) is 0 Å². The van der Waals surface area contributed by atoms with Crippen LogP contribution < -0.4 is 0 Å². The molecule has 2 aliphatic rings. The van der Waals surface area contributed by atoms with E-state index in [9.17, 15) is 4.79 Å². The van der Waals surface area contributed by atoms with Crippen molar-refractivity contribution in [2.24, 2.45) is 5.92 Å². The van der Waals surface area contributed by atoms with Crippen molar-refractivity contribution in [3.8, 4) is 0 Å². The number of amides is 1. The maximum atomic E-state index is 12.4. The Kier molecular flexibility index (Phi) is 3.73. The molecule has 5 heteroatoms. The quantitative estimate of drug-likeness (QED) is 0.749. The van der Waals surface area contributed by atoms with Gasteiger partial charge in [-0.1, -0.05) is 11.8 Å². The molecule has 19 heavy (non-hydrogen) atoms. The minimum atomic E-state index is 0.262. The zero-order valence-electron chi connectivity index (χ0n) is 11.2. The standard InChI is InChI=1S/C14H19N3OS/c1-10(11-2-3-11)17(12-4-5-12)14(18)9-19-13-8-15-6-7-16-13/h6-8,10-12H,2-5,9H2,1H3. The fourth-order valence-electron chi connectivity index (χ4n) is 2.49. The highest BCUT2D eigenvalue weighted by molar-refractivity contribution is 7.99. The summed E-state index contributed by atoms with van der Waals surface area (Å²) in [6.45, 7) is 2.21. The highest BCUT2D eigenvalue weighted by Crippen LogP contribution is 2.40. The average molecular weight is 277 g/mol. The van der Waals surface area contributed by atoms with E-state index in [0.29, 0.717) is 17.8 Å². The molecule has 0 saturated heterocycles. The third-order valence-corrected chi connectivity index (χ3v) is 4.75. The first-order chi connectivity index (χ1) is 9.25. The third kappa shape index (κ3) is 3.26. The van der Waals surface area contributed by atoms with E-state index < -0.39 is 0 Å². The van der Waals surface area contributed by atoms with Gasteiger partial charge in [-0.15, -0.1) is 0 Å². The molecule has 2 fully saturated rings. The summed E-state index contributed by atoms with van der Waals surface area (Å²) in [4.78, 5) is 22.8. The van der Waals surface area contributed by atoms with E-state index in [1.165, 1.54) is 37.4 Å². The smallest absolute Gasteiger partial charge is 0.233 e. The monoisotopic (exact) mass is 277 g/mol. The maximum absolute atomic E-state index is 12.4. The lowest BCUT2D eigenvalue weighted by Crippen LogP contribution is -2.42. The van der Waals surface area contributed by atoms with E-state index in [1.54, 1.807) is 18.6 Å². The molecule has 2 saturated carbocycles. The molecule has 1 aromatic heterocycles. The highest BCUT2D eigenvalue weighted by Gasteiger charge is 2.41. The van der Waals surface area contributed by atoms with Crippen molar-refractivity contribution in [1.82, 2.24) is 14.9 Å². The van der Waals surface area contributed by atoms with Gasteiger partial charge >= 0.3 is 0 Å². The predicted molar refractivity (Wildman–Crippen MR) is 74.8 cm³/mol. The Morgan fingerprint density at radius 1 is 1.42 bits per heavy atom. The Labute approximate surface area is 118 Å². The molecule has 1 atom stereocenters. The van der Waals surface area contributed by atoms with Gasteiger partial charge in [-0.05, 0) is 38.5 Å². The van der Waals surface area contributed by atoms with Gasteiger partial charge in [0.1, 0.15) is 5.03 Å². The van der Waals surface area contributed by atoms with Gasteiger partial charge in [-0.3, -0.25) is 9.78 Å². The molecule has 0 aromatic carbocycles. The van der Waals surface area contributed by atoms with Crippen molar-refractivity contribution in [3.05, 3.63) is 18.6 Å². The van der Waals surface area contributed by atoms with Gasteiger partial charge in [0.25, 0.3) is 0 Å². The van der Waals surface area contributed by atoms with E-state index in [2.05, 4.69) is 21.8 Å². The zero-order valence-corrected chi connectivity index (χ0v) is 12.0. The molecule has 1 aromatic rings. The first kappa shape index (κ1) is 12.9. The number of carbonyl (C=O) groups excluding carboxylic acids is 1. The summed E-state index contributed by atoms with van der Waals surface area (Å²) in [7, 11) is 0. The minimum absolute atomic E-state index is 0.262. The van der Waals surface area contributed by atoms with Gasteiger partial charge < -0.3 is 4.90 Å². The molecule has 0 radical (unpaired) electrons. The van der Waals surface area contributed by atoms with Crippen molar-refractivity contribution in [3.63, 3.8) is 0 Å². The lowest BCUT2D eigenvalue weighted by molar-refractivity contribution is -0.131. The van der Waals surface area contributed by atoms with Crippen LogP contribution in [0.4, 0.5) is 0 Å². The Morgan fingerprint density at radius 3 is 2.79 bits per heavy atom. The molecule has 0 N–H and O–H groups in total. The van der Waals surface area contributed by atoms with Gasteiger partial charge in [0.2, 0.25) is 5.91 Å². The molecule has 1 unspecified atom stereocenters. The molecule has 1 amide bonds. The van der Waals surface area contributed by atoms with Crippen LogP contribution in [0.5, 0.6) is 0 Å². The number of thioether (sulfide) groups is 1. The second-order valence-electron chi connectivity index (χ2n) is 5.44. The summed E-state index contributed by atoms with van der Waals surface area (Å²) in [6, 6.07) is 0.924. The van der Waals surface area contributed by atoms with Gasteiger partial charge in [0.15, 0.2) is 0 Å². The molecule has 1 heterocycles. The van der Waals surface area contributed by atoms with Gasteiger partial charge in [0.05, 0.1) is 11.9 Å². The number of hydrogen-bond donors (Lipinski definition) is 0. The van der Waals surface area contributed by atoms with Crippen molar-refractivity contribution in [2.75, 3.05) is 5.75 Å². The minimum Gasteiger partial charge on any atom is -0.336 e. The number of hydrogen-bond acceptors (Lipinski definition) is 4. The van der Waals surface area contributed by atoms with Crippen LogP contribution in [-0.4, -0.2) is 38.6 Å². The van der Waals surface area contributed by atoms with E-state index >= 15 is 0 Å². The summed E-state index contributed by atoms with van der Waals surface area (Å²) in [5, 5.41) is 0.825. The van der Waals surface area contributed by atoms with E-state index in [4.69, 9.17) is 0 Å². The Morgan fingerprint density at radius 2 is 2.21 bits per heavy atom. The fraction of sp³-hybridized carbons (Fsp3) is 0.643. The largest absolute Gasteiger partial charge is 0.336 e. The fourth-order valence-corrected chi connectivity index (χ4v) is 3.18. The lowest BCUT2D eigenvalue weighted by atomic mass is 10.2. The lowest BCUT2D eigenvalue weighted by Gasteiger charge is -2.29. The molecule has 0 bridgehead atoms. The van der Waals surface area contributed by atoms with Gasteiger partial charge in [-0.2, -0.15) is 0 Å². The van der Waals surface area contributed by atoms with Gasteiger partial charge in [-0.25, -0.2) is 4.98 Å². The molecule has 0 spiro atoms. The molecular formula is C14H19N3OS. The normalized spacial score (nSPS) is 20.1. The average Bonchev–Trinajstić information content (AvgIpc) is 3.29. The van der Waals surface area contributed by atoms with Crippen LogP contribution in [0.1, 0.15) is 32.6 Å². The van der Waals surface area contributed by atoms with Crippen molar-refractivity contribution >= 4 is 17.7 Å². The van der Waals surface area contributed by atoms with Crippen LogP contribution in [0, 0.1) is 5.92 Å². The van der Waals surface area contributed by atoms with Crippen LogP contribution in [-0.2, 0) is 4.79 Å². The van der Waals surface area contributed by atoms with E-state index in [-0.39, 0.29) is 5.91 Å². The molecular weight excluding hydrogens is 258 g/mol. The van der Waals surface area contributed by atoms with Crippen molar-refractivity contribution < 1.29 is 4.79 Å². The molecule has 0 aliphatic heterocycles. The van der Waals surface area contributed by atoms with Crippen LogP contribution in [0.2, 0.25) is 0 Å². The second-order valence-corrected chi connectivity index (χ2v) is 6.44. The molecule has 2 aliphatic carbocycles. The number of carbonyl (C=O) groups is 1. The summed E-state index contributed by atoms with van der Waals surface area (Å²) >= 11 is 1.49. The van der Waals surface area contributed by atoms with Crippen LogP contribution >= 0.6 is 11.8 Å². The first-order valence-corrected chi connectivity index (χ1v) is 7.94. The molecule has 102 valence electrons. The molecule has 3 rings (SSSR count). The topological polar surface area (TPSA) is 46.1 Å². The second kappa shape index (κ2) is 5.49. The summed E-state index contributed by atoms with van der Waals surface area (Å²) < 4.78 is 0. The highest BCUT2D eigenvalue weighted by atomic mass is 32.2. The SMILES string of the molecule is CC(C1CC1)N(C(=O)CSc1cnccn1)C1CC1. The van der Waals surface area contributed by atoms with E-state index in [1.807, 2.05) is 0 Å². The third-order valence-electron chi connectivity index (χ3n) is 3.85. The Bertz CT molecular complexity index is 445. The molecule has 4 nitrogen and oxygen atoms in total. The van der Waals surface area contributed by atoms with Crippen molar-refractivity contribution in [1.29, 1.82) is 0 Å². The van der Waals surface area contributed by atoms with Gasteiger partial charge in [0, 0.05) is 24.5 Å². The van der Waals surface area contributed by atoms with Crippen LogP contribution in [0.15, 0.2) is 23.6 Å². The summed E-state index contributed by atoms with van der Waals surface area (Å²) in [5.74, 6) is 1.48. The number of rotatable bonds is 6. The van der Waals surface area contributed by atoms with Crippen LogP contribution in [0.3, 0.4) is 0 Å². The van der Waals surface area contributed by atoms with Crippen molar-refractivity contribution in [2.45, 2.75) is 49.7 Å². The maximum Gasteiger partial charge on any atom is 0.233 e.